The van der Waals surface area contributed by atoms with Gasteiger partial charge in [0.25, 0.3) is 5.91 Å². The molecule has 1 N–H and O–H groups in total. The molecule has 0 aliphatic heterocycles. The maximum atomic E-state index is 12.0. The van der Waals surface area contributed by atoms with Crippen LogP contribution in [0.1, 0.15) is 10.4 Å². The predicted octanol–water partition coefficient (Wildman–Crippen LogP) is 4.46. The highest BCUT2D eigenvalue weighted by Crippen LogP contribution is 2.30. The highest BCUT2D eigenvalue weighted by Gasteiger charge is 2.10. The number of carbonyl (C=O) groups is 1. The minimum absolute atomic E-state index is 0.115. The molecule has 0 saturated heterocycles. The van der Waals surface area contributed by atoms with Crippen LogP contribution in [0.2, 0.25) is 15.2 Å². The molecule has 1 heterocycles. The van der Waals surface area contributed by atoms with Crippen molar-refractivity contribution in [3.8, 4) is 5.88 Å². The van der Waals surface area contributed by atoms with E-state index in [1.165, 1.54) is 6.07 Å². The number of halogens is 4. The van der Waals surface area contributed by atoms with Crippen molar-refractivity contribution in [3.63, 3.8) is 0 Å². The number of benzene rings is 1. The van der Waals surface area contributed by atoms with Crippen molar-refractivity contribution in [2.24, 2.45) is 0 Å². The van der Waals surface area contributed by atoms with E-state index in [4.69, 9.17) is 39.5 Å². The van der Waals surface area contributed by atoms with Crippen LogP contribution in [0, 0.1) is 3.57 Å². The van der Waals surface area contributed by atoms with Gasteiger partial charge in [0, 0.05) is 3.57 Å². The van der Waals surface area contributed by atoms with Crippen molar-refractivity contribution >= 4 is 63.3 Å². The lowest BCUT2D eigenvalue weighted by atomic mass is 10.2. The van der Waals surface area contributed by atoms with E-state index in [9.17, 15) is 4.79 Å². The van der Waals surface area contributed by atoms with E-state index in [-0.39, 0.29) is 33.6 Å². The molecule has 0 bridgehead atoms. The Morgan fingerprint density at radius 3 is 2.68 bits per heavy atom. The number of carbonyl (C=O) groups excluding carboxylic acids is 1. The molecule has 116 valence electrons. The minimum atomic E-state index is -0.165. The van der Waals surface area contributed by atoms with E-state index in [0.29, 0.717) is 12.1 Å². The lowest BCUT2D eigenvalue weighted by Gasteiger charge is -2.09. The van der Waals surface area contributed by atoms with Crippen LogP contribution in [0.25, 0.3) is 0 Å². The fourth-order valence-corrected chi connectivity index (χ4v) is 2.76. The van der Waals surface area contributed by atoms with Crippen LogP contribution in [-0.2, 0) is 0 Å². The molecule has 8 heteroatoms. The van der Waals surface area contributed by atoms with E-state index in [2.05, 4.69) is 32.9 Å². The maximum absolute atomic E-state index is 12.0. The van der Waals surface area contributed by atoms with Gasteiger partial charge in [-0.1, -0.05) is 46.9 Å². The van der Waals surface area contributed by atoms with Gasteiger partial charge in [-0.15, -0.1) is 0 Å². The summed E-state index contributed by atoms with van der Waals surface area (Å²) in [6, 6.07) is 8.77. The molecule has 1 aromatic heterocycles. The summed E-state index contributed by atoms with van der Waals surface area (Å²) in [6.45, 7) is 0.516. The summed E-state index contributed by atoms with van der Waals surface area (Å²) in [5.74, 6) is 0.0152. The molecular weight excluding hydrogens is 461 g/mol. The molecule has 0 saturated carbocycles. The van der Waals surface area contributed by atoms with Crippen molar-refractivity contribution in [1.29, 1.82) is 0 Å². The van der Waals surface area contributed by atoms with Crippen LogP contribution in [0.15, 0.2) is 30.3 Å². The Morgan fingerprint density at radius 2 is 1.95 bits per heavy atom. The third-order valence-corrected chi connectivity index (χ3v) is 4.48. The Bertz CT molecular complexity index is 698. The number of ether oxygens (including phenoxy) is 1. The van der Waals surface area contributed by atoms with Crippen LogP contribution in [0.4, 0.5) is 0 Å². The average Bonchev–Trinajstić information content (AvgIpc) is 2.48. The number of hydrogen-bond acceptors (Lipinski definition) is 3. The van der Waals surface area contributed by atoms with Crippen LogP contribution < -0.4 is 10.1 Å². The number of rotatable bonds is 5. The van der Waals surface area contributed by atoms with E-state index >= 15 is 0 Å². The summed E-state index contributed by atoms with van der Waals surface area (Å²) in [7, 11) is 0. The van der Waals surface area contributed by atoms with Crippen LogP contribution >= 0.6 is 57.4 Å². The molecule has 2 aromatic rings. The standard InChI is InChI=1S/C14H10Cl3IN2O2/c15-9-7-10(16)14(20-12(9)17)22-6-5-19-13(21)8-3-1-2-4-11(8)18/h1-4,7H,5-6H2,(H,19,21). The zero-order chi connectivity index (χ0) is 16.1. The van der Waals surface area contributed by atoms with E-state index in [1.807, 2.05) is 18.2 Å². The quantitative estimate of drug-likeness (QED) is 0.398. The van der Waals surface area contributed by atoms with Gasteiger partial charge in [0.15, 0.2) is 5.15 Å². The summed E-state index contributed by atoms with van der Waals surface area (Å²) >= 11 is 19.6. The number of nitrogens with one attached hydrogen (secondary N) is 1. The summed E-state index contributed by atoms with van der Waals surface area (Å²) in [5.41, 5.74) is 0.619. The largest absolute Gasteiger partial charge is 0.475 e. The molecule has 0 fully saturated rings. The number of aromatic nitrogens is 1. The van der Waals surface area contributed by atoms with Crippen LogP contribution in [-0.4, -0.2) is 24.0 Å². The summed E-state index contributed by atoms with van der Waals surface area (Å²) in [4.78, 5) is 15.9. The molecule has 4 nitrogen and oxygen atoms in total. The first kappa shape index (κ1) is 17.6. The Morgan fingerprint density at radius 1 is 1.23 bits per heavy atom. The summed E-state index contributed by atoms with van der Waals surface area (Å²) < 4.78 is 6.27. The van der Waals surface area contributed by atoms with Gasteiger partial charge in [-0.25, -0.2) is 0 Å². The zero-order valence-corrected chi connectivity index (χ0v) is 15.5. The van der Waals surface area contributed by atoms with Gasteiger partial charge >= 0.3 is 0 Å². The molecule has 22 heavy (non-hydrogen) atoms. The van der Waals surface area contributed by atoms with Crippen LogP contribution in [0.5, 0.6) is 5.88 Å². The van der Waals surface area contributed by atoms with Crippen molar-refractivity contribution < 1.29 is 9.53 Å². The van der Waals surface area contributed by atoms with Gasteiger partial charge < -0.3 is 10.1 Å². The first-order valence-corrected chi connectivity index (χ1v) is 8.37. The Kier molecular flexibility index (Phi) is 6.55. The summed E-state index contributed by atoms with van der Waals surface area (Å²) in [5, 5.41) is 3.39. The fraction of sp³-hybridized carbons (Fsp3) is 0.143. The minimum Gasteiger partial charge on any atom is -0.475 e. The number of pyridine rings is 1. The van der Waals surface area contributed by atoms with Crippen molar-refractivity contribution in [3.05, 3.63) is 54.7 Å². The maximum Gasteiger partial charge on any atom is 0.252 e. The molecule has 0 atom stereocenters. The average molecular weight is 472 g/mol. The van der Waals surface area contributed by atoms with Crippen molar-refractivity contribution in [2.75, 3.05) is 13.2 Å². The second-order valence-corrected chi connectivity index (χ2v) is 6.47. The molecule has 0 aliphatic rings. The predicted molar refractivity (Wildman–Crippen MR) is 96.3 cm³/mol. The number of hydrogen-bond donors (Lipinski definition) is 1. The Labute approximate surface area is 156 Å². The van der Waals surface area contributed by atoms with Gasteiger partial charge in [-0.05, 0) is 40.8 Å². The van der Waals surface area contributed by atoms with Gasteiger partial charge in [-0.2, -0.15) is 4.98 Å². The van der Waals surface area contributed by atoms with E-state index in [0.717, 1.165) is 3.57 Å². The van der Waals surface area contributed by atoms with Gasteiger partial charge in [-0.3, -0.25) is 4.79 Å². The molecule has 0 unspecified atom stereocenters. The SMILES string of the molecule is O=C(NCCOc1nc(Cl)c(Cl)cc1Cl)c1ccccc1I. The fourth-order valence-electron chi connectivity index (χ4n) is 1.58. The first-order valence-electron chi connectivity index (χ1n) is 6.16. The van der Waals surface area contributed by atoms with E-state index in [1.54, 1.807) is 6.07 Å². The van der Waals surface area contributed by atoms with Gasteiger partial charge in [0.1, 0.15) is 11.6 Å². The lowest BCUT2D eigenvalue weighted by Crippen LogP contribution is -2.28. The smallest absolute Gasteiger partial charge is 0.252 e. The number of nitrogens with zero attached hydrogens (tertiary/aromatic N) is 1. The molecule has 0 spiro atoms. The molecule has 1 amide bonds. The third-order valence-electron chi connectivity index (χ3n) is 2.60. The lowest BCUT2D eigenvalue weighted by molar-refractivity contribution is 0.0945. The highest BCUT2D eigenvalue weighted by atomic mass is 127. The van der Waals surface area contributed by atoms with Crippen molar-refractivity contribution in [1.82, 2.24) is 10.3 Å². The van der Waals surface area contributed by atoms with Gasteiger partial charge in [0.2, 0.25) is 5.88 Å². The van der Waals surface area contributed by atoms with Crippen molar-refractivity contribution in [2.45, 2.75) is 0 Å². The monoisotopic (exact) mass is 470 g/mol. The molecule has 0 radical (unpaired) electrons. The number of amides is 1. The first-order chi connectivity index (χ1) is 10.5. The Balaban J connectivity index is 1.86. The zero-order valence-electron chi connectivity index (χ0n) is 11.1. The third kappa shape index (κ3) is 4.62. The highest BCUT2D eigenvalue weighted by molar-refractivity contribution is 14.1. The Hall–Kier alpha value is -0.760. The normalized spacial score (nSPS) is 10.4. The second-order valence-electron chi connectivity index (χ2n) is 4.13. The second kappa shape index (κ2) is 8.19. The summed E-state index contributed by atoms with van der Waals surface area (Å²) in [6.07, 6.45) is 0. The topological polar surface area (TPSA) is 51.2 Å². The van der Waals surface area contributed by atoms with E-state index < -0.39 is 0 Å². The van der Waals surface area contributed by atoms with Crippen LogP contribution in [0.3, 0.4) is 0 Å². The molecule has 2 rings (SSSR count). The molecule has 0 aliphatic carbocycles. The van der Waals surface area contributed by atoms with Gasteiger partial charge in [0.05, 0.1) is 17.1 Å². The molecular formula is C14H10Cl3IN2O2. The molecule has 1 aromatic carbocycles.